The number of rotatable bonds is 4. The van der Waals surface area contributed by atoms with Gasteiger partial charge in [0.1, 0.15) is 0 Å². The van der Waals surface area contributed by atoms with Crippen LogP contribution < -0.4 is 11.1 Å². The minimum absolute atomic E-state index is 0.122. The van der Waals surface area contributed by atoms with Crippen molar-refractivity contribution in [1.82, 2.24) is 5.32 Å². The smallest absolute Gasteiger partial charge is 0.220 e. The third-order valence-electron chi connectivity index (χ3n) is 3.83. The molecule has 0 aromatic heterocycles. The highest BCUT2D eigenvalue weighted by Gasteiger charge is 2.34. The van der Waals surface area contributed by atoms with Crippen molar-refractivity contribution in [3.05, 3.63) is 0 Å². The van der Waals surface area contributed by atoms with Crippen molar-refractivity contribution in [3.63, 3.8) is 0 Å². The summed E-state index contributed by atoms with van der Waals surface area (Å²) in [4.78, 5) is 11.8. The molecule has 0 aromatic rings. The fourth-order valence-corrected chi connectivity index (χ4v) is 2.60. The van der Waals surface area contributed by atoms with Gasteiger partial charge < -0.3 is 11.1 Å². The molecule has 0 aliphatic heterocycles. The first kappa shape index (κ1) is 10.9. The highest BCUT2D eigenvalue weighted by molar-refractivity contribution is 5.77. The minimum atomic E-state index is 0.122. The van der Waals surface area contributed by atoms with Gasteiger partial charge in [0.15, 0.2) is 0 Å². The Hall–Kier alpha value is -0.570. The van der Waals surface area contributed by atoms with Gasteiger partial charge in [0.2, 0.25) is 5.91 Å². The summed E-state index contributed by atoms with van der Waals surface area (Å²) in [5.41, 5.74) is 5.98. The van der Waals surface area contributed by atoms with E-state index in [1.54, 1.807) is 0 Å². The predicted molar refractivity (Wildman–Crippen MR) is 60.4 cm³/mol. The molecular weight excluding hydrogens is 188 g/mol. The molecule has 0 atom stereocenters. The molecule has 86 valence electrons. The summed E-state index contributed by atoms with van der Waals surface area (Å²) in [5, 5.41) is 3.07. The molecule has 0 unspecified atom stereocenters. The summed E-state index contributed by atoms with van der Waals surface area (Å²) in [6, 6.07) is 0.482. The van der Waals surface area contributed by atoms with E-state index in [1.807, 2.05) is 0 Å². The number of hydrogen-bond donors (Lipinski definition) is 2. The van der Waals surface area contributed by atoms with Crippen LogP contribution in [0, 0.1) is 5.41 Å². The van der Waals surface area contributed by atoms with Crippen LogP contribution in [0.3, 0.4) is 0 Å². The summed E-state index contributed by atoms with van der Waals surface area (Å²) < 4.78 is 0. The van der Waals surface area contributed by atoms with Crippen LogP contribution in [0.5, 0.6) is 0 Å². The summed E-state index contributed by atoms with van der Waals surface area (Å²) in [6.07, 6.45) is 9.07. The lowest BCUT2D eigenvalue weighted by Crippen LogP contribution is -2.39. The highest BCUT2D eigenvalue weighted by atomic mass is 16.1. The van der Waals surface area contributed by atoms with Crippen molar-refractivity contribution < 1.29 is 4.79 Å². The molecule has 1 amide bonds. The van der Waals surface area contributed by atoms with Crippen molar-refractivity contribution in [2.45, 2.75) is 57.4 Å². The lowest BCUT2D eigenvalue weighted by atomic mass is 9.71. The van der Waals surface area contributed by atoms with Crippen LogP contribution in [-0.4, -0.2) is 18.5 Å². The zero-order valence-corrected chi connectivity index (χ0v) is 9.43. The monoisotopic (exact) mass is 210 g/mol. The second-order valence-electron chi connectivity index (χ2n) is 5.28. The molecule has 0 aromatic carbocycles. The van der Waals surface area contributed by atoms with Gasteiger partial charge in [-0.25, -0.2) is 0 Å². The van der Waals surface area contributed by atoms with Crippen LogP contribution in [0.1, 0.15) is 51.4 Å². The second-order valence-corrected chi connectivity index (χ2v) is 5.28. The first-order valence-corrected chi connectivity index (χ1v) is 6.24. The van der Waals surface area contributed by atoms with E-state index in [0.717, 1.165) is 12.8 Å². The van der Waals surface area contributed by atoms with Crippen molar-refractivity contribution in [1.29, 1.82) is 0 Å². The Kier molecular flexibility index (Phi) is 3.29. The van der Waals surface area contributed by atoms with Crippen LogP contribution >= 0.6 is 0 Å². The van der Waals surface area contributed by atoms with Gasteiger partial charge in [0, 0.05) is 12.5 Å². The number of carbonyl (C=O) groups is 1. The Morgan fingerprint density at radius 3 is 2.47 bits per heavy atom. The fourth-order valence-electron chi connectivity index (χ4n) is 2.60. The molecule has 2 aliphatic carbocycles. The normalized spacial score (nSPS) is 24.9. The number of nitrogens with one attached hydrogen (secondary N) is 1. The molecule has 2 rings (SSSR count). The van der Waals surface area contributed by atoms with Crippen LogP contribution in [0.15, 0.2) is 0 Å². The Labute approximate surface area is 91.8 Å². The number of amides is 1. The van der Waals surface area contributed by atoms with E-state index in [2.05, 4.69) is 5.32 Å². The van der Waals surface area contributed by atoms with Gasteiger partial charge in [-0.15, -0.1) is 0 Å². The van der Waals surface area contributed by atoms with E-state index in [0.29, 0.717) is 19.0 Å². The van der Waals surface area contributed by atoms with Crippen LogP contribution in [0.25, 0.3) is 0 Å². The molecule has 0 bridgehead atoms. The van der Waals surface area contributed by atoms with Gasteiger partial charge in [0.05, 0.1) is 0 Å². The first-order valence-electron chi connectivity index (χ1n) is 6.24. The van der Waals surface area contributed by atoms with E-state index >= 15 is 0 Å². The minimum Gasteiger partial charge on any atom is -0.353 e. The quantitative estimate of drug-likeness (QED) is 0.740. The van der Waals surface area contributed by atoms with Crippen molar-refractivity contribution in [2.24, 2.45) is 11.1 Å². The molecule has 3 N–H and O–H groups in total. The number of nitrogens with two attached hydrogens (primary N) is 1. The lowest BCUT2D eigenvalue weighted by Gasteiger charge is -2.35. The zero-order chi connectivity index (χ0) is 10.7. The Balaban J connectivity index is 1.84. The SMILES string of the molecule is NCC1(CC(=O)NC2CC2)CCCCC1. The van der Waals surface area contributed by atoms with Gasteiger partial charge in [-0.1, -0.05) is 19.3 Å². The van der Waals surface area contributed by atoms with Gasteiger partial charge in [-0.2, -0.15) is 0 Å². The molecule has 15 heavy (non-hydrogen) atoms. The fraction of sp³-hybridized carbons (Fsp3) is 0.917. The van der Waals surface area contributed by atoms with Crippen LogP contribution in [0.2, 0.25) is 0 Å². The average Bonchev–Trinajstić information content (AvgIpc) is 3.03. The Morgan fingerprint density at radius 2 is 1.93 bits per heavy atom. The molecule has 0 spiro atoms. The predicted octanol–water partition coefficient (Wildman–Crippen LogP) is 1.56. The lowest BCUT2D eigenvalue weighted by molar-refractivity contribution is -0.124. The maximum atomic E-state index is 11.8. The highest BCUT2D eigenvalue weighted by Crippen LogP contribution is 2.38. The summed E-state index contributed by atoms with van der Waals surface area (Å²) in [5.74, 6) is 0.227. The largest absolute Gasteiger partial charge is 0.353 e. The van der Waals surface area contributed by atoms with Crippen molar-refractivity contribution in [3.8, 4) is 0 Å². The van der Waals surface area contributed by atoms with E-state index in [-0.39, 0.29) is 11.3 Å². The number of carbonyl (C=O) groups excluding carboxylic acids is 1. The topological polar surface area (TPSA) is 55.1 Å². The van der Waals surface area contributed by atoms with E-state index in [4.69, 9.17) is 5.73 Å². The molecular formula is C12H22N2O. The third kappa shape index (κ3) is 2.94. The molecule has 2 saturated carbocycles. The molecule has 0 saturated heterocycles. The zero-order valence-electron chi connectivity index (χ0n) is 9.43. The molecule has 2 fully saturated rings. The molecule has 0 radical (unpaired) electrons. The Morgan fingerprint density at radius 1 is 1.27 bits per heavy atom. The summed E-state index contributed by atoms with van der Waals surface area (Å²) in [7, 11) is 0. The molecule has 0 heterocycles. The van der Waals surface area contributed by atoms with Gasteiger partial charge in [-0.3, -0.25) is 4.79 Å². The Bertz CT molecular complexity index is 230. The van der Waals surface area contributed by atoms with E-state index in [9.17, 15) is 4.79 Å². The van der Waals surface area contributed by atoms with Gasteiger partial charge in [0.25, 0.3) is 0 Å². The number of hydrogen-bond acceptors (Lipinski definition) is 2. The van der Waals surface area contributed by atoms with Crippen LogP contribution in [-0.2, 0) is 4.79 Å². The van der Waals surface area contributed by atoms with Gasteiger partial charge in [-0.05, 0) is 37.6 Å². The molecule has 3 nitrogen and oxygen atoms in total. The van der Waals surface area contributed by atoms with Gasteiger partial charge >= 0.3 is 0 Å². The van der Waals surface area contributed by atoms with E-state index in [1.165, 1.54) is 32.1 Å². The van der Waals surface area contributed by atoms with Crippen LogP contribution in [0.4, 0.5) is 0 Å². The maximum absolute atomic E-state index is 11.8. The maximum Gasteiger partial charge on any atom is 0.220 e. The summed E-state index contributed by atoms with van der Waals surface area (Å²) in [6.45, 7) is 0.672. The van der Waals surface area contributed by atoms with Crippen molar-refractivity contribution in [2.75, 3.05) is 6.54 Å². The standard InChI is InChI=1S/C12H22N2O/c13-9-12(6-2-1-3-7-12)8-11(15)14-10-4-5-10/h10H,1-9,13H2,(H,14,15). The second kappa shape index (κ2) is 4.52. The molecule has 3 heteroatoms. The summed E-state index contributed by atoms with van der Waals surface area (Å²) >= 11 is 0. The average molecular weight is 210 g/mol. The van der Waals surface area contributed by atoms with Crippen molar-refractivity contribution >= 4 is 5.91 Å². The third-order valence-corrected chi connectivity index (χ3v) is 3.83. The first-order chi connectivity index (χ1) is 7.24. The van der Waals surface area contributed by atoms with E-state index < -0.39 is 0 Å². The molecule has 2 aliphatic rings.